The Morgan fingerprint density at radius 2 is 2.29 bits per heavy atom. The second-order valence-corrected chi connectivity index (χ2v) is 5.99. The maximum atomic E-state index is 13.1. The van der Waals surface area contributed by atoms with E-state index < -0.39 is 0 Å². The molecule has 1 fully saturated rings. The molecule has 1 saturated carbocycles. The first kappa shape index (κ1) is 12.9. The summed E-state index contributed by atoms with van der Waals surface area (Å²) < 4.78 is 13.1. The lowest BCUT2D eigenvalue weighted by molar-refractivity contribution is 0.387. The highest BCUT2D eigenvalue weighted by atomic mass is 32.2. The van der Waals surface area contributed by atoms with Crippen LogP contribution in [0.5, 0.6) is 0 Å². The predicted octanol–water partition coefficient (Wildman–Crippen LogP) is 3.84. The molecule has 0 radical (unpaired) electrons. The fraction of sp³-hybridized carbons (Fsp3) is 0.571. The monoisotopic (exact) mass is 253 g/mol. The van der Waals surface area contributed by atoms with Crippen molar-refractivity contribution in [3.8, 4) is 0 Å². The Balaban J connectivity index is 1.90. The van der Waals surface area contributed by atoms with Crippen LogP contribution in [0, 0.1) is 5.82 Å². The lowest BCUT2D eigenvalue weighted by Gasteiger charge is -2.29. The van der Waals surface area contributed by atoms with Gasteiger partial charge in [0.05, 0.1) is 0 Å². The lowest BCUT2D eigenvalue weighted by Crippen LogP contribution is -2.34. The van der Waals surface area contributed by atoms with E-state index in [1.807, 2.05) is 17.8 Å². The molecular weight excluding hydrogens is 233 g/mol. The molecule has 2 unspecified atom stereocenters. The molecular formula is C14H20FNS. The third-order valence-corrected chi connectivity index (χ3v) is 4.51. The van der Waals surface area contributed by atoms with Crippen molar-refractivity contribution in [3.63, 3.8) is 0 Å². The van der Waals surface area contributed by atoms with E-state index in [1.165, 1.54) is 31.7 Å². The van der Waals surface area contributed by atoms with Crippen molar-refractivity contribution in [3.05, 3.63) is 30.1 Å². The van der Waals surface area contributed by atoms with Crippen molar-refractivity contribution in [2.24, 2.45) is 0 Å². The molecule has 0 spiro atoms. The molecule has 0 aliphatic heterocycles. The van der Waals surface area contributed by atoms with Crippen LogP contribution in [-0.4, -0.2) is 17.8 Å². The molecule has 94 valence electrons. The van der Waals surface area contributed by atoms with Crippen molar-refractivity contribution in [1.82, 2.24) is 5.32 Å². The first-order chi connectivity index (χ1) is 8.28. The summed E-state index contributed by atoms with van der Waals surface area (Å²) in [5, 5.41) is 4.16. The van der Waals surface area contributed by atoms with Crippen molar-refractivity contribution >= 4 is 11.8 Å². The van der Waals surface area contributed by atoms with Crippen LogP contribution in [0.1, 0.15) is 32.6 Å². The number of thioether (sulfide) groups is 1. The van der Waals surface area contributed by atoms with Crippen molar-refractivity contribution in [2.45, 2.75) is 48.8 Å². The smallest absolute Gasteiger partial charge is 0.124 e. The van der Waals surface area contributed by atoms with Crippen LogP contribution in [0.3, 0.4) is 0 Å². The maximum Gasteiger partial charge on any atom is 0.124 e. The maximum absolute atomic E-state index is 13.1. The first-order valence-corrected chi connectivity index (χ1v) is 7.31. The molecule has 2 atom stereocenters. The number of benzene rings is 1. The van der Waals surface area contributed by atoms with E-state index in [0.717, 1.165) is 11.4 Å². The van der Waals surface area contributed by atoms with E-state index in [1.54, 1.807) is 12.1 Å². The largest absolute Gasteiger partial charge is 0.314 e. The zero-order valence-electron chi connectivity index (χ0n) is 10.3. The van der Waals surface area contributed by atoms with Gasteiger partial charge in [-0.15, -0.1) is 11.8 Å². The minimum atomic E-state index is -0.131. The second kappa shape index (κ2) is 6.41. The quantitative estimate of drug-likeness (QED) is 0.875. The van der Waals surface area contributed by atoms with Gasteiger partial charge in [-0.05, 0) is 44.0 Å². The predicted molar refractivity (Wildman–Crippen MR) is 72.0 cm³/mol. The molecule has 0 saturated heterocycles. The SMILES string of the molecule is CCNC1CCCC(Sc2cccc(F)c2)C1. The number of nitrogens with one attached hydrogen (secondary N) is 1. The van der Waals surface area contributed by atoms with Crippen molar-refractivity contribution in [1.29, 1.82) is 0 Å². The zero-order valence-corrected chi connectivity index (χ0v) is 11.1. The Kier molecular flexibility index (Phi) is 4.86. The summed E-state index contributed by atoms with van der Waals surface area (Å²) >= 11 is 1.83. The van der Waals surface area contributed by atoms with Crippen LogP contribution < -0.4 is 5.32 Å². The van der Waals surface area contributed by atoms with Gasteiger partial charge in [-0.1, -0.05) is 19.4 Å². The molecule has 0 heterocycles. The van der Waals surface area contributed by atoms with Crippen molar-refractivity contribution < 1.29 is 4.39 Å². The minimum Gasteiger partial charge on any atom is -0.314 e. The summed E-state index contributed by atoms with van der Waals surface area (Å²) in [4.78, 5) is 1.06. The summed E-state index contributed by atoms with van der Waals surface area (Å²) in [6, 6.07) is 7.60. The van der Waals surface area contributed by atoms with E-state index >= 15 is 0 Å². The highest BCUT2D eigenvalue weighted by Gasteiger charge is 2.21. The van der Waals surface area contributed by atoms with Gasteiger partial charge in [-0.3, -0.25) is 0 Å². The number of hydrogen-bond acceptors (Lipinski definition) is 2. The lowest BCUT2D eigenvalue weighted by atomic mass is 9.95. The summed E-state index contributed by atoms with van der Waals surface area (Å²) in [5.41, 5.74) is 0. The molecule has 1 nitrogen and oxygen atoms in total. The molecule has 1 aromatic carbocycles. The van der Waals surface area contributed by atoms with Crippen molar-refractivity contribution in [2.75, 3.05) is 6.54 Å². The molecule has 1 aromatic rings. The molecule has 17 heavy (non-hydrogen) atoms. The van der Waals surface area contributed by atoms with Gasteiger partial charge in [0.1, 0.15) is 5.82 Å². The fourth-order valence-electron chi connectivity index (χ4n) is 2.46. The summed E-state index contributed by atoms with van der Waals surface area (Å²) in [7, 11) is 0. The van der Waals surface area contributed by atoms with Crippen LogP contribution in [0.25, 0.3) is 0 Å². The number of hydrogen-bond donors (Lipinski definition) is 1. The molecule has 1 N–H and O–H groups in total. The highest BCUT2D eigenvalue weighted by molar-refractivity contribution is 8.00. The van der Waals surface area contributed by atoms with Gasteiger partial charge in [0.15, 0.2) is 0 Å². The zero-order chi connectivity index (χ0) is 12.1. The fourth-order valence-corrected chi connectivity index (χ4v) is 3.79. The van der Waals surface area contributed by atoms with Gasteiger partial charge in [0.2, 0.25) is 0 Å². The second-order valence-electron chi connectivity index (χ2n) is 4.62. The van der Waals surface area contributed by atoms with Gasteiger partial charge in [0, 0.05) is 16.2 Å². The van der Waals surface area contributed by atoms with Crippen LogP contribution >= 0.6 is 11.8 Å². The van der Waals surface area contributed by atoms with E-state index in [0.29, 0.717) is 11.3 Å². The molecule has 0 bridgehead atoms. The number of halogens is 1. The Morgan fingerprint density at radius 1 is 1.41 bits per heavy atom. The van der Waals surface area contributed by atoms with Gasteiger partial charge in [-0.2, -0.15) is 0 Å². The first-order valence-electron chi connectivity index (χ1n) is 6.43. The molecule has 0 amide bonds. The molecule has 1 aliphatic carbocycles. The normalized spacial score (nSPS) is 24.8. The summed E-state index contributed by atoms with van der Waals surface area (Å²) in [5.74, 6) is -0.131. The van der Waals surface area contributed by atoms with Gasteiger partial charge >= 0.3 is 0 Å². The molecule has 0 aromatic heterocycles. The third kappa shape index (κ3) is 4.00. The minimum absolute atomic E-state index is 0.131. The molecule has 3 heteroatoms. The Hall–Kier alpha value is -0.540. The van der Waals surface area contributed by atoms with E-state index in [4.69, 9.17) is 0 Å². The van der Waals surface area contributed by atoms with E-state index in [-0.39, 0.29) is 5.82 Å². The third-order valence-electron chi connectivity index (χ3n) is 3.22. The van der Waals surface area contributed by atoms with Crippen LogP contribution in [0.15, 0.2) is 29.2 Å². The average Bonchev–Trinajstić information content (AvgIpc) is 2.30. The summed E-state index contributed by atoms with van der Waals surface area (Å²) in [6.45, 7) is 3.20. The standard InChI is InChI=1S/C14H20FNS/c1-2-16-12-6-4-8-14(10-12)17-13-7-3-5-11(15)9-13/h3,5,7,9,12,14,16H,2,4,6,8,10H2,1H3. The topological polar surface area (TPSA) is 12.0 Å². The molecule has 2 rings (SSSR count). The van der Waals surface area contributed by atoms with E-state index in [9.17, 15) is 4.39 Å². The molecule has 1 aliphatic rings. The Morgan fingerprint density at radius 3 is 3.06 bits per heavy atom. The highest BCUT2D eigenvalue weighted by Crippen LogP contribution is 2.33. The Bertz CT molecular complexity index is 354. The van der Waals surface area contributed by atoms with E-state index in [2.05, 4.69) is 12.2 Å². The van der Waals surface area contributed by atoms with Crippen LogP contribution in [-0.2, 0) is 0 Å². The van der Waals surface area contributed by atoms with Gasteiger partial charge < -0.3 is 5.32 Å². The Labute approximate surface area is 107 Å². The van der Waals surface area contributed by atoms with Gasteiger partial charge in [0.25, 0.3) is 0 Å². The van der Waals surface area contributed by atoms with Crippen LogP contribution in [0.2, 0.25) is 0 Å². The van der Waals surface area contributed by atoms with Gasteiger partial charge in [-0.25, -0.2) is 4.39 Å². The number of rotatable bonds is 4. The summed E-state index contributed by atoms with van der Waals surface area (Å²) in [6.07, 6.45) is 5.02. The average molecular weight is 253 g/mol. The van der Waals surface area contributed by atoms with Crippen LogP contribution in [0.4, 0.5) is 4.39 Å².